The Morgan fingerprint density at radius 1 is 1.42 bits per heavy atom. The van der Waals surface area contributed by atoms with E-state index in [4.69, 9.17) is 9.84 Å². The lowest BCUT2D eigenvalue weighted by molar-refractivity contribution is -0.136. The molecule has 2 aromatic rings. The van der Waals surface area contributed by atoms with Crippen molar-refractivity contribution in [2.45, 2.75) is 6.42 Å². The van der Waals surface area contributed by atoms with Crippen LogP contribution in [0.3, 0.4) is 0 Å². The molecule has 6 nitrogen and oxygen atoms in total. The van der Waals surface area contributed by atoms with Crippen LogP contribution in [0.4, 0.5) is 0 Å². The molecular formula is C13H12N2O4. The predicted octanol–water partition coefficient (Wildman–Crippen LogP) is 1.07. The van der Waals surface area contributed by atoms with Gasteiger partial charge in [-0.1, -0.05) is 12.1 Å². The third-order valence-electron chi connectivity index (χ3n) is 2.61. The van der Waals surface area contributed by atoms with Crippen molar-refractivity contribution in [2.24, 2.45) is 0 Å². The first-order valence-corrected chi connectivity index (χ1v) is 5.55. The molecule has 0 aliphatic heterocycles. The fourth-order valence-electron chi connectivity index (χ4n) is 1.73. The number of aliphatic carboxylic acids is 1. The number of benzene rings is 1. The molecule has 2 N–H and O–H groups in total. The van der Waals surface area contributed by atoms with Crippen molar-refractivity contribution in [3.8, 4) is 17.0 Å². The fraction of sp³-hybridized carbons (Fsp3) is 0.154. The summed E-state index contributed by atoms with van der Waals surface area (Å²) in [6, 6.07) is 8.63. The number of rotatable bonds is 4. The van der Waals surface area contributed by atoms with Crippen LogP contribution in [0.2, 0.25) is 0 Å². The molecule has 0 bridgehead atoms. The van der Waals surface area contributed by atoms with E-state index in [1.807, 2.05) is 12.1 Å². The van der Waals surface area contributed by atoms with Gasteiger partial charge < -0.3 is 9.84 Å². The number of aromatic amines is 1. The van der Waals surface area contributed by atoms with Gasteiger partial charge in [0.1, 0.15) is 5.75 Å². The van der Waals surface area contributed by atoms with Crippen LogP contribution < -0.4 is 10.3 Å². The Kier molecular flexibility index (Phi) is 3.61. The molecule has 0 saturated carbocycles. The average molecular weight is 260 g/mol. The Labute approximate surface area is 108 Å². The number of para-hydroxylation sites is 1. The molecule has 1 aromatic heterocycles. The fourth-order valence-corrected chi connectivity index (χ4v) is 1.73. The topological polar surface area (TPSA) is 92.3 Å². The summed E-state index contributed by atoms with van der Waals surface area (Å²) in [5.74, 6) is -0.467. The number of carboxylic acids is 1. The number of hydrogen-bond acceptors (Lipinski definition) is 4. The smallest absolute Gasteiger partial charge is 0.308 e. The van der Waals surface area contributed by atoms with E-state index in [-0.39, 0.29) is 12.0 Å². The summed E-state index contributed by atoms with van der Waals surface area (Å²) in [7, 11) is 1.53. The monoisotopic (exact) mass is 260 g/mol. The second-order valence-electron chi connectivity index (χ2n) is 3.88. The first kappa shape index (κ1) is 12.8. The van der Waals surface area contributed by atoms with Crippen LogP contribution in [0, 0.1) is 0 Å². The van der Waals surface area contributed by atoms with Crippen LogP contribution in [0.15, 0.2) is 35.1 Å². The summed E-state index contributed by atoms with van der Waals surface area (Å²) in [5, 5.41) is 15.0. The summed E-state index contributed by atoms with van der Waals surface area (Å²) in [4.78, 5) is 22.2. The summed E-state index contributed by atoms with van der Waals surface area (Å²) in [5.41, 5.74) is 0.811. The number of methoxy groups -OCH3 is 1. The van der Waals surface area contributed by atoms with E-state index < -0.39 is 11.5 Å². The first-order valence-electron chi connectivity index (χ1n) is 5.55. The van der Waals surface area contributed by atoms with Gasteiger partial charge in [0.2, 0.25) is 0 Å². The molecule has 1 aromatic carbocycles. The number of hydrogen-bond donors (Lipinski definition) is 2. The lowest BCUT2D eigenvalue weighted by atomic mass is 10.1. The van der Waals surface area contributed by atoms with Gasteiger partial charge in [-0.05, 0) is 18.2 Å². The summed E-state index contributed by atoms with van der Waals surface area (Å²) >= 11 is 0. The van der Waals surface area contributed by atoms with Crippen molar-refractivity contribution >= 4 is 5.97 Å². The molecule has 19 heavy (non-hydrogen) atoms. The first-order chi connectivity index (χ1) is 9.11. The molecule has 0 spiro atoms. The van der Waals surface area contributed by atoms with E-state index in [0.29, 0.717) is 17.0 Å². The van der Waals surface area contributed by atoms with Crippen LogP contribution in [-0.4, -0.2) is 28.4 Å². The Morgan fingerprint density at radius 2 is 2.16 bits per heavy atom. The van der Waals surface area contributed by atoms with Gasteiger partial charge in [0.25, 0.3) is 5.56 Å². The van der Waals surface area contributed by atoms with E-state index >= 15 is 0 Å². The average Bonchev–Trinajstić information content (AvgIpc) is 2.41. The molecule has 0 saturated heterocycles. The second-order valence-corrected chi connectivity index (χ2v) is 3.88. The number of nitrogens with one attached hydrogen (secondary N) is 1. The summed E-state index contributed by atoms with van der Waals surface area (Å²) in [6.45, 7) is 0. The molecule has 0 unspecified atom stereocenters. The maximum absolute atomic E-state index is 11.5. The highest BCUT2D eigenvalue weighted by atomic mass is 16.5. The van der Waals surface area contributed by atoms with Crippen molar-refractivity contribution in [1.82, 2.24) is 10.2 Å². The van der Waals surface area contributed by atoms with Crippen LogP contribution in [0.5, 0.6) is 5.75 Å². The van der Waals surface area contributed by atoms with Crippen molar-refractivity contribution in [3.63, 3.8) is 0 Å². The summed E-state index contributed by atoms with van der Waals surface area (Å²) < 4.78 is 5.20. The highest BCUT2D eigenvalue weighted by molar-refractivity contribution is 5.72. The van der Waals surface area contributed by atoms with Gasteiger partial charge >= 0.3 is 5.97 Å². The molecule has 0 atom stereocenters. The molecular weight excluding hydrogens is 248 g/mol. The van der Waals surface area contributed by atoms with Crippen LogP contribution >= 0.6 is 0 Å². The molecule has 2 rings (SSSR count). The zero-order chi connectivity index (χ0) is 13.8. The Bertz CT molecular complexity index is 664. The number of carbonyl (C=O) groups is 1. The number of nitrogens with zero attached hydrogens (tertiary/aromatic N) is 1. The Hall–Kier alpha value is -2.63. The minimum absolute atomic E-state index is 0.156. The zero-order valence-corrected chi connectivity index (χ0v) is 10.2. The van der Waals surface area contributed by atoms with E-state index in [1.54, 1.807) is 12.1 Å². The van der Waals surface area contributed by atoms with Crippen molar-refractivity contribution in [2.75, 3.05) is 7.11 Å². The minimum Gasteiger partial charge on any atom is -0.496 e. The van der Waals surface area contributed by atoms with Crippen molar-refractivity contribution in [3.05, 3.63) is 46.2 Å². The third-order valence-corrected chi connectivity index (χ3v) is 2.61. The lowest BCUT2D eigenvalue weighted by Crippen LogP contribution is -2.17. The molecule has 0 radical (unpaired) electrons. The van der Waals surface area contributed by atoms with Crippen molar-refractivity contribution < 1.29 is 14.6 Å². The standard InChI is InChI=1S/C13H12N2O4/c1-19-11-5-3-2-4-9(11)10-6-8(7-12(16)17)13(18)15-14-10/h2-6H,7H2,1H3,(H,15,18)(H,16,17). The quantitative estimate of drug-likeness (QED) is 0.857. The molecule has 0 amide bonds. The van der Waals surface area contributed by atoms with Gasteiger partial charge in [-0.25, -0.2) is 5.10 Å². The number of H-pyrrole nitrogens is 1. The largest absolute Gasteiger partial charge is 0.496 e. The van der Waals surface area contributed by atoms with E-state index in [9.17, 15) is 9.59 Å². The van der Waals surface area contributed by atoms with Crippen LogP contribution in [0.25, 0.3) is 11.3 Å². The van der Waals surface area contributed by atoms with Gasteiger partial charge in [0.15, 0.2) is 0 Å². The van der Waals surface area contributed by atoms with Gasteiger partial charge in [-0.15, -0.1) is 0 Å². The van der Waals surface area contributed by atoms with Crippen LogP contribution in [-0.2, 0) is 11.2 Å². The highest BCUT2D eigenvalue weighted by Crippen LogP contribution is 2.27. The number of ether oxygens (including phenoxy) is 1. The summed E-state index contributed by atoms with van der Waals surface area (Å²) in [6.07, 6.45) is -0.347. The van der Waals surface area contributed by atoms with Crippen LogP contribution in [0.1, 0.15) is 5.56 Å². The highest BCUT2D eigenvalue weighted by Gasteiger charge is 2.11. The van der Waals surface area contributed by atoms with E-state index in [0.717, 1.165) is 0 Å². The van der Waals surface area contributed by atoms with Gasteiger partial charge in [-0.2, -0.15) is 5.10 Å². The molecule has 1 heterocycles. The molecule has 98 valence electrons. The Balaban J connectivity index is 2.51. The SMILES string of the molecule is COc1ccccc1-c1cc(CC(=O)O)c(=O)[nH]n1. The number of aromatic nitrogens is 2. The van der Waals surface area contributed by atoms with Gasteiger partial charge in [0.05, 0.1) is 19.2 Å². The maximum atomic E-state index is 11.5. The van der Waals surface area contributed by atoms with E-state index in [1.165, 1.54) is 13.2 Å². The Morgan fingerprint density at radius 3 is 2.84 bits per heavy atom. The third kappa shape index (κ3) is 2.79. The lowest BCUT2D eigenvalue weighted by Gasteiger charge is -2.07. The second kappa shape index (κ2) is 5.34. The molecule has 0 aliphatic rings. The molecule has 6 heteroatoms. The van der Waals surface area contributed by atoms with Crippen molar-refractivity contribution in [1.29, 1.82) is 0 Å². The normalized spacial score (nSPS) is 10.2. The van der Waals surface area contributed by atoms with Gasteiger partial charge in [-0.3, -0.25) is 9.59 Å². The van der Waals surface area contributed by atoms with Gasteiger partial charge in [0, 0.05) is 11.1 Å². The number of carboxylic acid groups (broad SMARTS) is 1. The zero-order valence-electron chi connectivity index (χ0n) is 10.2. The van der Waals surface area contributed by atoms with E-state index in [2.05, 4.69) is 10.2 Å². The minimum atomic E-state index is -1.07. The molecule has 0 fully saturated rings. The maximum Gasteiger partial charge on any atom is 0.308 e. The molecule has 0 aliphatic carbocycles. The predicted molar refractivity (Wildman–Crippen MR) is 68.2 cm³/mol.